The molecule has 0 aliphatic carbocycles. The highest BCUT2D eigenvalue weighted by atomic mass is 32.2. The van der Waals surface area contributed by atoms with Crippen LogP contribution >= 0.6 is 0 Å². The van der Waals surface area contributed by atoms with Crippen molar-refractivity contribution in [3.63, 3.8) is 0 Å². The van der Waals surface area contributed by atoms with Gasteiger partial charge in [-0.2, -0.15) is 0 Å². The number of nitrogens with one attached hydrogen (secondary N) is 1. The fourth-order valence-corrected chi connectivity index (χ4v) is 2.34. The molecule has 0 aromatic carbocycles. The average molecular weight is 282 g/mol. The van der Waals surface area contributed by atoms with Crippen molar-refractivity contribution in [1.82, 2.24) is 10.1 Å². The summed E-state index contributed by atoms with van der Waals surface area (Å²) in [6.45, 7) is 1.68. The van der Waals surface area contributed by atoms with Gasteiger partial charge in [0.25, 0.3) is 10.0 Å². The third-order valence-corrected chi connectivity index (χ3v) is 3.70. The molecule has 2 aromatic heterocycles. The standard InChI is InChI=1S/C11H14N4O3S/c1-8-6-10(13-18-8)14-19(16,17)9-4-5-11(12-7-9)15(2)3/h4-7H,1-3H3,(H,13,14). The van der Waals surface area contributed by atoms with Gasteiger partial charge >= 0.3 is 0 Å². The Morgan fingerprint density at radius 2 is 2.05 bits per heavy atom. The fourth-order valence-electron chi connectivity index (χ4n) is 1.41. The molecule has 0 radical (unpaired) electrons. The van der Waals surface area contributed by atoms with Gasteiger partial charge in [-0.15, -0.1) is 0 Å². The van der Waals surface area contributed by atoms with Gasteiger partial charge in [0.15, 0.2) is 5.82 Å². The van der Waals surface area contributed by atoms with Crippen LogP contribution in [0.4, 0.5) is 11.6 Å². The molecule has 1 N–H and O–H groups in total. The molecule has 0 fully saturated rings. The molecule has 0 saturated heterocycles. The first-order valence-corrected chi connectivity index (χ1v) is 6.96. The van der Waals surface area contributed by atoms with Crippen LogP contribution in [0, 0.1) is 6.92 Å². The second-order valence-electron chi connectivity index (χ2n) is 4.17. The summed E-state index contributed by atoms with van der Waals surface area (Å²) in [5.41, 5.74) is 0. The van der Waals surface area contributed by atoms with Crippen LogP contribution in [0.5, 0.6) is 0 Å². The summed E-state index contributed by atoms with van der Waals surface area (Å²) in [4.78, 5) is 5.91. The molecule has 2 heterocycles. The summed E-state index contributed by atoms with van der Waals surface area (Å²) < 4.78 is 31.2. The molecule has 19 heavy (non-hydrogen) atoms. The van der Waals surface area contributed by atoms with Gasteiger partial charge in [-0.25, -0.2) is 13.4 Å². The maximum atomic E-state index is 12.0. The van der Waals surface area contributed by atoms with Gasteiger partial charge in [-0.3, -0.25) is 4.72 Å². The number of sulfonamides is 1. The topological polar surface area (TPSA) is 88.3 Å². The molecule has 0 unspecified atom stereocenters. The highest BCUT2D eigenvalue weighted by molar-refractivity contribution is 7.92. The maximum absolute atomic E-state index is 12.0. The van der Waals surface area contributed by atoms with Crippen molar-refractivity contribution in [3.05, 3.63) is 30.2 Å². The lowest BCUT2D eigenvalue weighted by atomic mass is 10.4. The first-order chi connectivity index (χ1) is 8.88. The smallest absolute Gasteiger partial charge is 0.264 e. The molecule has 2 aromatic rings. The Morgan fingerprint density at radius 1 is 1.32 bits per heavy atom. The van der Waals surface area contributed by atoms with Crippen molar-refractivity contribution in [2.75, 3.05) is 23.7 Å². The molecule has 8 heteroatoms. The number of nitrogens with zero attached hydrogens (tertiary/aromatic N) is 3. The van der Waals surface area contributed by atoms with E-state index in [1.807, 2.05) is 14.1 Å². The molecular formula is C11H14N4O3S. The summed E-state index contributed by atoms with van der Waals surface area (Å²) in [5.74, 6) is 1.35. The molecule has 0 aliphatic rings. The normalized spacial score (nSPS) is 11.3. The van der Waals surface area contributed by atoms with E-state index in [9.17, 15) is 8.42 Å². The molecule has 0 spiro atoms. The fraction of sp³-hybridized carbons (Fsp3) is 0.273. The Hall–Kier alpha value is -2.09. The van der Waals surface area contributed by atoms with Crippen LogP contribution in [-0.2, 0) is 10.0 Å². The van der Waals surface area contributed by atoms with Crippen molar-refractivity contribution in [2.45, 2.75) is 11.8 Å². The summed E-state index contributed by atoms with van der Waals surface area (Å²) in [7, 11) is -0.0433. The zero-order valence-corrected chi connectivity index (χ0v) is 11.6. The Morgan fingerprint density at radius 3 is 2.53 bits per heavy atom. The van der Waals surface area contributed by atoms with E-state index in [0.717, 1.165) is 0 Å². The molecular weight excluding hydrogens is 268 g/mol. The van der Waals surface area contributed by atoms with Crippen LogP contribution in [0.3, 0.4) is 0 Å². The van der Waals surface area contributed by atoms with Crippen LogP contribution in [0.15, 0.2) is 33.8 Å². The van der Waals surface area contributed by atoms with Crippen LogP contribution in [0.1, 0.15) is 5.76 Å². The van der Waals surface area contributed by atoms with E-state index >= 15 is 0 Å². The highest BCUT2D eigenvalue weighted by Crippen LogP contribution is 2.16. The Bertz CT molecular complexity index is 662. The molecule has 0 aliphatic heterocycles. The quantitative estimate of drug-likeness (QED) is 0.907. The molecule has 0 amide bonds. The molecule has 0 atom stereocenters. The van der Waals surface area contributed by atoms with Crippen LogP contribution in [0.2, 0.25) is 0 Å². The maximum Gasteiger partial charge on any atom is 0.264 e. The van der Waals surface area contributed by atoms with Crippen LogP contribution in [-0.4, -0.2) is 32.7 Å². The van der Waals surface area contributed by atoms with Crippen molar-refractivity contribution in [1.29, 1.82) is 0 Å². The van der Waals surface area contributed by atoms with E-state index in [4.69, 9.17) is 4.52 Å². The largest absolute Gasteiger partial charge is 0.363 e. The predicted octanol–water partition coefficient (Wildman–Crippen LogP) is 1.24. The first-order valence-electron chi connectivity index (χ1n) is 5.48. The molecule has 7 nitrogen and oxygen atoms in total. The Balaban J connectivity index is 2.24. The van der Waals surface area contributed by atoms with Gasteiger partial charge in [0.05, 0.1) is 0 Å². The van der Waals surface area contributed by atoms with E-state index < -0.39 is 10.0 Å². The minimum atomic E-state index is -3.70. The number of aromatic nitrogens is 2. The second-order valence-corrected chi connectivity index (χ2v) is 5.86. The lowest BCUT2D eigenvalue weighted by Gasteiger charge is -2.11. The van der Waals surface area contributed by atoms with Crippen LogP contribution in [0.25, 0.3) is 0 Å². The lowest BCUT2D eigenvalue weighted by Crippen LogP contribution is -2.15. The summed E-state index contributed by atoms with van der Waals surface area (Å²) in [6.07, 6.45) is 1.30. The number of pyridine rings is 1. The minimum Gasteiger partial charge on any atom is -0.363 e. The van der Waals surface area contributed by atoms with Crippen LogP contribution < -0.4 is 9.62 Å². The van der Waals surface area contributed by atoms with Gasteiger partial charge in [0.1, 0.15) is 16.5 Å². The average Bonchev–Trinajstić information content (AvgIpc) is 2.74. The first kappa shape index (κ1) is 13.3. The Labute approximate surface area is 111 Å². The SMILES string of the molecule is Cc1cc(NS(=O)(=O)c2ccc(N(C)C)nc2)no1. The molecule has 102 valence electrons. The van der Waals surface area contributed by atoms with Gasteiger partial charge in [0.2, 0.25) is 0 Å². The zero-order chi connectivity index (χ0) is 14.0. The molecule has 2 rings (SSSR count). The van der Waals surface area contributed by atoms with E-state index in [-0.39, 0.29) is 10.7 Å². The number of rotatable bonds is 4. The molecule has 0 bridgehead atoms. The lowest BCUT2D eigenvalue weighted by molar-refractivity contribution is 0.400. The van der Waals surface area contributed by atoms with Crippen molar-refractivity contribution in [3.8, 4) is 0 Å². The Kier molecular flexibility index (Phi) is 3.43. The molecule has 0 saturated carbocycles. The van der Waals surface area contributed by atoms with E-state index in [0.29, 0.717) is 11.6 Å². The summed E-state index contributed by atoms with van der Waals surface area (Å²) in [5, 5.41) is 3.58. The zero-order valence-electron chi connectivity index (χ0n) is 10.8. The number of aryl methyl sites for hydroxylation is 1. The van der Waals surface area contributed by atoms with Crippen molar-refractivity contribution >= 4 is 21.7 Å². The van der Waals surface area contributed by atoms with Crippen molar-refractivity contribution < 1.29 is 12.9 Å². The highest BCUT2D eigenvalue weighted by Gasteiger charge is 2.16. The summed E-state index contributed by atoms with van der Waals surface area (Å²) in [6, 6.07) is 4.61. The third-order valence-electron chi connectivity index (χ3n) is 2.36. The van der Waals surface area contributed by atoms with E-state index in [1.165, 1.54) is 18.3 Å². The number of hydrogen-bond acceptors (Lipinski definition) is 6. The van der Waals surface area contributed by atoms with E-state index in [1.54, 1.807) is 17.9 Å². The monoisotopic (exact) mass is 282 g/mol. The van der Waals surface area contributed by atoms with Gasteiger partial charge < -0.3 is 9.42 Å². The number of anilines is 2. The summed E-state index contributed by atoms with van der Waals surface area (Å²) >= 11 is 0. The third kappa shape index (κ3) is 3.02. The van der Waals surface area contributed by atoms with Gasteiger partial charge in [0, 0.05) is 26.4 Å². The second kappa shape index (κ2) is 4.88. The minimum absolute atomic E-state index is 0.0683. The van der Waals surface area contributed by atoms with Gasteiger partial charge in [-0.05, 0) is 19.1 Å². The van der Waals surface area contributed by atoms with E-state index in [2.05, 4.69) is 14.9 Å². The van der Waals surface area contributed by atoms with Gasteiger partial charge in [-0.1, -0.05) is 5.16 Å². The van der Waals surface area contributed by atoms with Crippen molar-refractivity contribution in [2.24, 2.45) is 0 Å². The predicted molar refractivity (Wildman–Crippen MR) is 70.6 cm³/mol. The number of hydrogen-bond donors (Lipinski definition) is 1.